The molecule has 7 nitrogen and oxygen atoms in total. The van der Waals surface area contributed by atoms with Gasteiger partial charge in [-0.15, -0.1) is 0 Å². The summed E-state index contributed by atoms with van der Waals surface area (Å²) in [7, 11) is -2.38. The van der Waals surface area contributed by atoms with E-state index in [9.17, 15) is 9.59 Å². The zero-order chi connectivity index (χ0) is 21.3. The van der Waals surface area contributed by atoms with Crippen molar-refractivity contribution >= 4 is 20.6 Å². The minimum absolute atomic E-state index is 0.114. The van der Waals surface area contributed by atoms with Gasteiger partial charge in [0.25, 0.3) is 0 Å². The summed E-state index contributed by atoms with van der Waals surface area (Å²) in [5.41, 5.74) is -0.224. The fourth-order valence-corrected chi connectivity index (χ4v) is 6.18. The molecule has 0 aromatic carbocycles. The van der Waals surface area contributed by atoms with Gasteiger partial charge in [-0.1, -0.05) is 6.58 Å². The molecule has 0 fully saturated rings. The van der Waals surface area contributed by atoms with Gasteiger partial charge >= 0.3 is 20.6 Å². The van der Waals surface area contributed by atoms with Crippen LogP contribution in [0.4, 0.5) is 4.79 Å². The molecule has 0 unspecified atom stereocenters. The van der Waals surface area contributed by atoms with Gasteiger partial charge in [0.15, 0.2) is 0 Å². The molecule has 0 spiro atoms. The highest BCUT2D eigenvalue weighted by molar-refractivity contribution is 6.66. The van der Waals surface area contributed by atoms with Gasteiger partial charge < -0.3 is 24.2 Å². The van der Waals surface area contributed by atoms with Crippen molar-refractivity contribution in [2.24, 2.45) is 0 Å². The fraction of sp³-hybridized carbons (Fsp3) is 0.789. The molecule has 0 aromatic heterocycles. The number of rotatable bonds is 10. The lowest BCUT2D eigenvalue weighted by atomic mass is 10.2. The Bertz CT molecular complexity index is 493. The number of ether oxygens (including phenoxy) is 1. The highest BCUT2D eigenvalue weighted by atomic mass is 28.4. The summed E-state index contributed by atoms with van der Waals surface area (Å²) in [6, 6.07) is 0.483. The van der Waals surface area contributed by atoms with Crippen molar-refractivity contribution in [2.75, 3.05) is 19.7 Å². The number of nitrogens with one attached hydrogen (secondary N) is 2. The van der Waals surface area contributed by atoms with Crippen LogP contribution in [0.25, 0.3) is 0 Å². The predicted octanol–water partition coefficient (Wildman–Crippen LogP) is 3.50. The SMILES string of the molecule is C=C(C)C(=O)OCCNC(=O)NCCC[Si](C)(OC(C)(C)C)OC(C)(C)C. The Morgan fingerprint density at radius 3 is 1.89 bits per heavy atom. The van der Waals surface area contributed by atoms with Crippen molar-refractivity contribution in [1.29, 1.82) is 0 Å². The molecule has 0 rings (SSSR count). The Kier molecular flexibility index (Phi) is 10.3. The third-order valence-electron chi connectivity index (χ3n) is 3.11. The third kappa shape index (κ3) is 14.4. The maximum absolute atomic E-state index is 11.8. The molecule has 27 heavy (non-hydrogen) atoms. The smallest absolute Gasteiger partial charge is 0.335 e. The van der Waals surface area contributed by atoms with Crippen molar-refractivity contribution in [3.8, 4) is 0 Å². The first-order valence-corrected chi connectivity index (χ1v) is 11.9. The van der Waals surface area contributed by atoms with Gasteiger partial charge in [0, 0.05) is 12.1 Å². The molecular formula is C19H38N2O5Si. The minimum atomic E-state index is -2.38. The van der Waals surface area contributed by atoms with Gasteiger partial charge in [0.1, 0.15) is 6.61 Å². The summed E-state index contributed by atoms with van der Waals surface area (Å²) in [5, 5.41) is 5.44. The van der Waals surface area contributed by atoms with Gasteiger partial charge in [-0.2, -0.15) is 0 Å². The van der Waals surface area contributed by atoms with Crippen LogP contribution in [-0.2, 0) is 18.4 Å². The number of esters is 1. The molecule has 158 valence electrons. The van der Waals surface area contributed by atoms with Gasteiger partial charge in [-0.3, -0.25) is 0 Å². The first-order valence-electron chi connectivity index (χ1n) is 9.38. The molecule has 0 saturated heterocycles. The molecule has 0 aliphatic heterocycles. The van der Waals surface area contributed by atoms with Gasteiger partial charge in [-0.25, -0.2) is 9.59 Å². The molecule has 8 heteroatoms. The highest BCUT2D eigenvalue weighted by Crippen LogP contribution is 2.27. The molecule has 0 atom stereocenters. The third-order valence-corrected chi connectivity index (χ3v) is 6.46. The summed E-state index contributed by atoms with van der Waals surface area (Å²) in [6.07, 6.45) is 0.757. The average Bonchev–Trinajstić information content (AvgIpc) is 2.43. The van der Waals surface area contributed by atoms with Gasteiger partial charge in [0.2, 0.25) is 0 Å². The van der Waals surface area contributed by atoms with Gasteiger partial charge in [0.05, 0.1) is 17.7 Å². The fourth-order valence-electron chi connectivity index (χ4n) is 2.52. The number of urea groups is 1. The maximum Gasteiger partial charge on any atom is 0.335 e. The standard InChI is InChI=1S/C19H38N2O5Si/c1-15(2)16(22)24-13-12-21-17(23)20-11-10-14-27(9,25-18(3,4)5)26-19(6,7)8/h1,10-14H2,2-9H3,(H2,20,21,23). The van der Waals surface area contributed by atoms with Crippen LogP contribution in [0.15, 0.2) is 12.2 Å². The van der Waals surface area contributed by atoms with Crippen LogP contribution in [0.3, 0.4) is 0 Å². The molecule has 0 bridgehead atoms. The van der Waals surface area contributed by atoms with Crippen LogP contribution in [0, 0.1) is 0 Å². The van der Waals surface area contributed by atoms with Gasteiger partial charge in [-0.05, 0) is 67.5 Å². The number of carbonyl (C=O) groups excluding carboxylic acids is 2. The Hall–Kier alpha value is -1.38. The molecule has 0 radical (unpaired) electrons. The Labute approximate surface area is 165 Å². The lowest BCUT2D eigenvalue weighted by Crippen LogP contribution is -2.49. The topological polar surface area (TPSA) is 85.9 Å². The number of amides is 2. The summed E-state index contributed by atoms with van der Waals surface area (Å²) in [6.45, 7) is 20.2. The lowest BCUT2D eigenvalue weighted by Gasteiger charge is -2.39. The number of carbonyl (C=O) groups is 2. The van der Waals surface area contributed by atoms with Crippen LogP contribution < -0.4 is 10.6 Å². The summed E-state index contributed by atoms with van der Waals surface area (Å²) >= 11 is 0. The van der Waals surface area contributed by atoms with E-state index in [4.69, 9.17) is 13.6 Å². The zero-order valence-electron chi connectivity index (χ0n) is 18.3. The zero-order valence-corrected chi connectivity index (χ0v) is 19.3. The molecule has 0 heterocycles. The van der Waals surface area contributed by atoms with E-state index in [1.54, 1.807) is 6.92 Å². The van der Waals surface area contributed by atoms with Crippen LogP contribution >= 0.6 is 0 Å². The normalized spacial score (nSPS) is 12.4. The second-order valence-electron chi connectivity index (χ2n) is 8.77. The van der Waals surface area contributed by atoms with Crippen LogP contribution in [0.5, 0.6) is 0 Å². The predicted molar refractivity (Wildman–Crippen MR) is 110 cm³/mol. The number of hydrogen-bond donors (Lipinski definition) is 2. The van der Waals surface area contributed by atoms with Crippen molar-refractivity contribution < 1.29 is 23.2 Å². The molecule has 0 aliphatic carbocycles. The van der Waals surface area contributed by atoms with E-state index in [1.165, 1.54) is 0 Å². The average molecular weight is 403 g/mol. The second kappa shape index (κ2) is 10.8. The van der Waals surface area contributed by atoms with Crippen molar-refractivity contribution in [3.05, 3.63) is 12.2 Å². The van der Waals surface area contributed by atoms with E-state index in [0.29, 0.717) is 12.1 Å². The molecule has 0 aliphatic rings. The second-order valence-corrected chi connectivity index (χ2v) is 11.9. The molecule has 0 saturated carbocycles. The van der Waals surface area contributed by atoms with Crippen molar-refractivity contribution in [1.82, 2.24) is 10.6 Å². The Morgan fingerprint density at radius 2 is 1.44 bits per heavy atom. The summed E-state index contributed by atoms with van der Waals surface area (Å²) in [4.78, 5) is 23.0. The molecular weight excluding hydrogens is 364 g/mol. The molecule has 2 N–H and O–H groups in total. The maximum atomic E-state index is 11.8. The lowest BCUT2D eigenvalue weighted by molar-refractivity contribution is -0.138. The minimum Gasteiger partial charge on any atom is -0.460 e. The largest absolute Gasteiger partial charge is 0.460 e. The molecule has 2 amide bonds. The van der Waals surface area contributed by atoms with Crippen LogP contribution in [0.2, 0.25) is 12.6 Å². The number of hydrogen-bond acceptors (Lipinski definition) is 5. The van der Waals surface area contributed by atoms with Crippen molar-refractivity contribution in [3.63, 3.8) is 0 Å². The van der Waals surface area contributed by atoms with E-state index >= 15 is 0 Å². The van der Waals surface area contributed by atoms with Crippen molar-refractivity contribution in [2.45, 2.75) is 78.7 Å². The summed E-state index contributed by atoms with van der Waals surface area (Å²) in [5.74, 6) is -0.459. The Morgan fingerprint density at radius 1 is 0.963 bits per heavy atom. The molecule has 0 aromatic rings. The Balaban J connectivity index is 4.23. The van der Waals surface area contributed by atoms with E-state index in [2.05, 4.69) is 23.8 Å². The quantitative estimate of drug-likeness (QED) is 0.253. The highest BCUT2D eigenvalue weighted by Gasteiger charge is 2.39. The van der Waals surface area contributed by atoms with Crippen LogP contribution in [-0.4, -0.2) is 51.5 Å². The van der Waals surface area contributed by atoms with E-state index in [-0.39, 0.29) is 30.4 Å². The first-order chi connectivity index (χ1) is 12.1. The first kappa shape index (κ1) is 25.6. The summed E-state index contributed by atoms with van der Waals surface area (Å²) < 4.78 is 17.4. The monoisotopic (exact) mass is 402 g/mol. The van der Waals surface area contributed by atoms with Crippen LogP contribution in [0.1, 0.15) is 54.9 Å². The van der Waals surface area contributed by atoms with E-state index < -0.39 is 14.5 Å². The van der Waals surface area contributed by atoms with E-state index in [1.807, 2.05) is 41.5 Å². The van der Waals surface area contributed by atoms with E-state index in [0.717, 1.165) is 12.5 Å².